The zero-order chi connectivity index (χ0) is 24.8. The van der Waals surface area contributed by atoms with E-state index in [0.29, 0.717) is 37.6 Å². The number of aromatic nitrogens is 1. The average Bonchev–Trinajstić information content (AvgIpc) is 2.85. The Bertz CT molecular complexity index is 1160. The molecule has 1 aliphatic rings. The number of carbonyl (C=O) groups is 2. The maximum absolute atomic E-state index is 14.2. The third-order valence-electron chi connectivity index (χ3n) is 6.16. The van der Waals surface area contributed by atoms with E-state index in [-0.39, 0.29) is 18.4 Å². The van der Waals surface area contributed by atoms with Crippen LogP contribution in [0.25, 0.3) is 0 Å². The Morgan fingerprint density at radius 3 is 2.34 bits per heavy atom. The van der Waals surface area contributed by atoms with Crippen molar-refractivity contribution < 1.29 is 14.0 Å². The lowest BCUT2D eigenvalue weighted by Crippen LogP contribution is -2.50. The van der Waals surface area contributed by atoms with E-state index in [1.165, 1.54) is 6.07 Å². The molecule has 0 unspecified atom stereocenters. The Labute approximate surface area is 205 Å². The van der Waals surface area contributed by atoms with Gasteiger partial charge in [0.25, 0.3) is 0 Å². The van der Waals surface area contributed by atoms with Crippen molar-refractivity contribution >= 4 is 23.2 Å². The number of piperazine rings is 1. The molecule has 1 aromatic heterocycles. The number of hydrogen-bond acceptors (Lipinski definition) is 5. The fourth-order valence-corrected chi connectivity index (χ4v) is 4.52. The quantitative estimate of drug-likeness (QED) is 0.534. The first kappa shape index (κ1) is 24.3. The second-order valence-electron chi connectivity index (χ2n) is 8.82. The van der Waals surface area contributed by atoms with Gasteiger partial charge in [-0.1, -0.05) is 24.3 Å². The van der Waals surface area contributed by atoms with E-state index >= 15 is 0 Å². The van der Waals surface area contributed by atoms with Crippen LogP contribution in [0, 0.1) is 19.7 Å². The van der Waals surface area contributed by atoms with Crippen molar-refractivity contribution in [3.8, 4) is 0 Å². The fraction of sp³-hybridized carbons (Fsp3) is 0.296. The van der Waals surface area contributed by atoms with Crippen LogP contribution in [-0.2, 0) is 9.59 Å². The Hall–Kier alpha value is -3.78. The largest absolute Gasteiger partial charge is 0.367 e. The van der Waals surface area contributed by atoms with E-state index in [1.807, 2.05) is 55.1 Å². The van der Waals surface area contributed by atoms with E-state index < -0.39 is 11.8 Å². The molecule has 0 spiro atoms. The number of rotatable bonds is 6. The summed E-state index contributed by atoms with van der Waals surface area (Å²) in [5.74, 6) is -1.63. The standard InChI is InChI=1S/C27H30FN5O2/c1-19-14-20(2)16-22(15-19)31-27(35)26(34)30-18-25(21-6-5-9-29-17-21)33-12-10-32(11-13-33)24-8-4-3-7-23(24)28/h3-9,14-17,25H,10-13,18H2,1-2H3,(H,30,34)(H,31,35)/t25-/m0/s1. The summed E-state index contributed by atoms with van der Waals surface area (Å²) in [6.07, 6.45) is 3.47. The van der Waals surface area contributed by atoms with Gasteiger partial charge in [0.05, 0.1) is 11.7 Å². The second-order valence-corrected chi connectivity index (χ2v) is 8.82. The third kappa shape index (κ3) is 6.22. The van der Waals surface area contributed by atoms with Crippen LogP contribution in [0.1, 0.15) is 22.7 Å². The van der Waals surface area contributed by atoms with Crippen LogP contribution < -0.4 is 15.5 Å². The summed E-state index contributed by atoms with van der Waals surface area (Å²) in [5.41, 5.74) is 4.15. The molecule has 7 nitrogen and oxygen atoms in total. The van der Waals surface area contributed by atoms with Crippen LogP contribution in [0.4, 0.5) is 15.8 Å². The zero-order valence-corrected chi connectivity index (χ0v) is 20.0. The number of nitrogens with one attached hydrogen (secondary N) is 2. The Balaban J connectivity index is 1.40. The highest BCUT2D eigenvalue weighted by atomic mass is 19.1. The topological polar surface area (TPSA) is 77.6 Å². The van der Waals surface area contributed by atoms with Crippen molar-refractivity contribution in [2.75, 3.05) is 42.9 Å². The normalized spacial score (nSPS) is 14.9. The highest BCUT2D eigenvalue weighted by Crippen LogP contribution is 2.25. The van der Waals surface area contributed by atoms with E-state index in [2.05, 4.69) is 20.5 Å². The molecule has 35 heavy (non-hydrogen) atoms. The van der Waals surface area contributed by atoms with Gasteiger partial charge in [0.2, 0.25) is 0 Å². The minimum Gasteiger partial charge on any atom is -0.367 e. The van der Waals surface area contributed by atoms with Crippen molar-refractivity contribution in [2.45, 2.75) is 19.9 Å². The SMILES string of the molecule is Cc1cc(C)cc(NC(=O)C(=O)NC[C@@H](c2cccnc2)N2CCN(c3ccccc3F)CC2)c1. The monoisotopic (exact) mass is 475 g/mol. The first-order chi connectivity index (χ1) is 16.9. The van der Waals surface area contributed by atoms with Gasteiger partial charge in [0.15, 0.2) is 0 Å². The molecule has 4 rings (SSSR count). The van der Waals surface area contributed by atoms with Crippen LogP contribution in [-0.4, -0.2) is 54.4 Å². The Kier molecular flexibility index (Phi) is 7.72. The van der Waals surface area contributed by atoms with Crippen LogP contribution >= 0.6 is 0 Å². The summed E-state index contributed by atoms with van der Waals surface area (Å²) in [6.45, 7) is 6.79. The number of benzene rings is 2. The van der Waals surface area contributed by atoms with Crippen LogP contribution in [0.2, 0.25) is 0 Å². The van der Waals surface area contributed by atoms with E-state index in [1.54, 1.807) is 24.5 Å². The molecular weight excluding hydrogens is 445 g/mol. The summed E-state index contributed by atoms with van der Waals surface area (Å²) in [7, 11) is 0. The summed E-state index contributed by atoms with van der Waals surface area (Å²) < 4.78 is 14.2. The van der Waals surface area contributed by atoms with Gasteiger partial charge in [-0.2, -0.15) is 0 Å². The summed E-state index contributed by atoms with van der Waals surface area (Å²) in [4.78, 5) is 33.6. The van der Waals surface area contributed by atoms with Gasteiger partial charge >= 0.3 is 11.8 Å². The molecule has 3 aromatic rings. The van der Waals surface area contributed by atoms with Gasteiger partial charge in [-0.3, -0.25) is 19.5 Å². The van der Waals surface area contributed by atoms with Gasteiger partial charge in [0.1, 0.15) is 5.82 Å². The molecule has 8 heteroatoms. The number of carbonyl (C=O) groups excluding carboxylic acids is 2. The third-order valence-corrected chi connectivity index (χ3v) is 6.16. The number of hydrogen-bond donors (Lipinski definition) is 2. The minimum atomic E-state index is -0.704. The van der Waals surface area contributed by atoms with Crippen LogP contribution in [0.5, 0.6) is 0 Å². The van der Waals surface area contributed by atoms with Gasteiger partial charge in [-0.25, -0.2) is 4.39 Å². The predicted molar refractivity (Wildman–Crippen MR) is 135 cm³/mol. The molecule has 1 fully saturated rings. The molecule has 0 bridgehead atoms. The number of aryl methyl sites for hydroxylation is 2. The lowest BCUT2D eigenvalue weighted by molar-refractivity contribution is -0.136. The van der Waals surface area contributed by atoms with E-state index in [9.17, 15) is 14.0 Å². The molecule has 2 heterocycles. The smallest absolute Gasteiger partial charge is 0.313 e. The number of nitrogens with zero attached hydrogens (tertiary/aromatic N) is 3. The van der Waals surface area contributed by atoms with Crippen LogP contribution in [0.15, 0.2) is 67.0 Å². The van der Waals surface area contributed by atoms with Crippen molar-refractivity contribution in [3.05, 3.63) is 89.5 Å². The molecule has 1 saturated heterocycles. The summed E-state index contributed by atoms with van der Waals surface area (Å²) in [6, 6.07) is 16.1. The van der Waals surface area contributed by atoms with E-state index in [0.717, 1.165) is 16.7 Å². The van der Waals surface area contributed by atoms with Gasteiger partial charge in [0, 0.05) is 50.8 Å². The average molecular weight is 476 g/mol. The fourth-order valence-electron chi connectivity index (χ4n) is 4.52. The van der Waals surface area contributed by atoms with Gasteiger partial charge < -0.3 is 15.5 Å². The lowest BCUT2D eigenvalue weighted by atomic mass is 10.1. The van der Waals surface area contributed by atoms with Crippen molar-refractivity contribution in [2.24, 2.45) is 0 Å². The molecule has 1 aliphatic heterocycles. The first-order valence-corrected chi connectivity index (χ1v) is 11.7. The van der Waals surface area contributed by atoms with E-state index in [4.69, 9.17) is 0 Å². The van der Waals surface area contributed by atoms with Crippen molar-refractivity contribution in [3.63, 3.8) is 0 Å². The molecule has 2 amide bonds. The van der Waals surface area contributed by atoms with Crippen LogP contribution in [0.3, 0.4) is 0 Å². The number of anilines is 2. The molecule has 2 N–H and O–H groups in total. The van der Waals surface area contributed by atoms with Crippen molar-refractivity contribution in [1.82, 2.24) is 15.2 Å². The van der Waals surface area contributed by atoms with Gasteiger partial charge in [-0.05, 0) is 60.9 Å². The maximum Gasteiger partial charge on any atom is 0.313 e. The first-order valence-electron chi connectivity index (χ1n) is 11.7. The molecule has 0 radical (unpaired) electrons. The highest BCUT2D eigenvalue weighted by Gasteiger charge is 2.27. The number of amides is 2. The Morgan fingerprint density at radius 2 is 1.69 bits per heavy atom. The molecule has 0 saturated carbocycles. The summed E-state index contributed by atoms with van der Waals surface area (Å²) in [5, 5.41) is 5.46. The van der Waals surface area contributed by atoms with Gasteiger partial charge in [-0.15, -0.1) is 0 Å². The summed E-state index contributed by atoms with van der Waals surface area (Å²) >= 11 is 0. The molecule has 1 atom stereocenters. The number of halogens is 1. The van der Waals surface area contributed by atoms with Crippen molar-refractivity contribution in [1.29, 1.82) is 0 Å². The molecular formula is C27H30FN5O2. The minimum absolute atomic E-state index is 0.163. The molecule has 2 aromatic carbocycles. The predicted octanol–water partition coefficient (Wildman–Crippen LogP) is 3.46. The highest BCUT2D eigenvalue weighted by molar-refractivity contribution is 6.39. The number of pyridine rings is 1. The second kappa shape index (κ2) is 11.1. The Morgan fingerprint density at radius 1 is 0.971 bits per heavy atom. The lowest BCUT2D eigenvalue weighted by Gasteiger charge is -2.40. The molecule has 0 aliphatic carbocycles. The molecule has 182 valence electrons. The maximum atomic E-state index is 14.2. The number of para-hydroxylation sites is 1. The zero-order valence-electron chi connectivity index (χ0n) is 20.0.